The van der Waals surface area contributed by atoms with Crippen LogP contribution >= 0.6 is 11.8 Å². The van der Waals surface area contributed by atoms with Crippen molar-refractivity contribution < 1.29 is 14.3 Å². The average molecular weight is 334 g/mol. The predicted octanol–water partition coefficient (Wildman–Crippen LogP) is 1.96. The number of nitrogens with zero attached hydrogens (tertiary/aromatic N) is 2. The molecule has 5 nitrogen and oxygen atoms in total. The van der Waals surface area contributed by atoms with Gasteiger partial charge in [0.15, 0.2) is 5.79 Å². The first-order chi connectivity index (χ1) is 11.3. The van der Waals surface area contributed by atoms with Crippen molar-refractivity contribution in [1.82, 2.24) is 4.90 Å². The topological polar surface area (TPSA) is 42.0 Å². The number of rotatable bonds is 2. The molecule has 1 aromatic rings. The maximum atomic E-state index is 12.7. The number of carbonyl (C=O) groups is 1. The van der Waals surface area contributed by atoms with Crippen LogP contribution in [0.1, 0.15) is 12.8 Å². The van der Waals surface area contributed by atoms with Gasteiger partial charge in [-0.25, -0.2) is 0 Å². The van der Waals surface area contributed by atoms with Crippen LogP contribution in [0.4, 0.5) is 5.69 Å². The molecule has 3 aliphatic heterocycles. The van der Waals surface area contributed by atoms with Crippen molar-refractivity contribution in [2.24, 2.45) is 0 Å². The number of benzene rings is 1. The van der Waals surface area contributed by atoms with Gasteiger partial charge < -0.3 is 19.3 Å². The number of fused-ring (bicyclic) bond motifs is 1. The number of ether oxygens (including phenoxy) is 2. The fourth-order valence-corrected chi connectivity index (χ4v) is 4.59. The molecule has 0 aromatic heterocycles. The SMILES string of the molecule is O=C(CN1CCSc2ccccc21)N1CCC2(CC1)OCCO2. The molecule has 2 saturated heterocycles. The predicted molar refractivity (Wildman–Crippen MR) is 89.8 cm³/mol. The van der Waals surface area contributed by atoms with E-state index in [1.54, 1.807) is 0 Å². The minimum absolute atomic E-state index is 0.208. The van der Waals surface area contributed by atoms with Crippen LogP contribution in [0, 0.1) is 0 Å². The summed E-state index contributed by atoms with van der Waals surface area (Å²) < 4.78 is 11.5. The van der Waals surface area contributed by atoms with Crippen LogP contribution in [0.5, 0.6) is 0 Å². The highest BCUT2D eigenvalue weighted by molar-refractivity contribution is 7.99. The van der Waals surface area contributed by atoms with Gasteiger partial charge in [0, 0.05) is 43.1 Å². The molecular weight excluding hydrogens is 312 g/mol. The fourth-order valence-electron chi connectivity index (χ4n) is 3.54. The van der Waals surface area contributed by atoms with Crippen LogP contribution < -0.4 is 4.90 Å². The molecule has 0 radical (unpaired) electrons. The van der Waals surface area contributed by atoms with Crippen molar-refractivity contribution in [3.63, 3.8) is 0 Å². The van der Waals surface area contributed by atoms with E-state index in [0.29, 0.717) is 19.8 Å². The standard InChI is InChI=1S/C17H22N2O3S/c20-16(18-7-5-17(6-8-18)21-10-11-22-17)13-19-9-12-23-15-4-2-1-3-14(15)19/h1-4H,5-13H2. The van der Waals surface area contributed by atoms with Gasteiger partial charge in [-0.3, -0.25) is 4.79 Å². The Morgan fingerprint density at radius 1 is 1.13 bits per heavy atom. The van der Waals surface area contributed by atoms with Crippen LogP contribution in [-0.4, -0.2) is 61.7 Å². The molecule has 0 atom stereocenters. The summed E-state index contributed by atoms with van der Waals surface area (Å²) in [5.41, 5.74) is 1.19. The zero-order chi connectivity index (χ0) is 15.7. The largest absolute Gasteiger partial charge is 0.360 e. The Bertz CT molecular complexity index is 579. The first-order valence-electron chi connectivity index (χ1n) is 8.28. The van der Waals surface area contributed by atoms with Crippen LogP contribution in [0.2, 0.25) is 0 Å². The van der Waals surface area contributed by atoms with Gasteiger partial charge in [-0.2, -0.15) is 0 Å². The molecule has 0 unspecified atom stereocenters. The lowest BCUT2D eigenvalue weighted by molar-refractivity contribution is -0.187. The zero-order valence-corrected chi connectivity index (χ0v) is 14.0. The van der Waals surface area contributed by atoms with Crippen LogP contribution in [0.15, 0.2) is 29.2 Å². The smallest absolute Gasteiger partial charge is 0.242 e. The van der Waals surface area contributed by atoms with E-state index < -0.39 is 5.79 Å². The van der Waals surface area contributed by atoms with Gasteiger partial charge >= 0.3 is 0 Å². The molecule has 1 spiro atoms. The second kappa shape index (κ2) is 6.34. The van der Waals surface area contributed by atoms with Crippen molar-refractivity contribution >= 4 is 23.4 Å². The maximum Gasteiger partial charge on any atom is 0.242 e. The summed E-state index contributed by atoms with van der Waals surface area (Å²) in [7, 11) is 0. The molecule has 1 aromatic carbocycles. The summed E-state index contributed by atoms with van der Waals surface area (Å²) in [5.74, 6) is 0.833. The maximum absolute atomic E-state index is 12.7. The third-order valence-electron chi connectivity index (χ3n) is 4.84. The van der Waals surface area contributed by atoms with E-state index in [-0.39, 0.29) is 5.91 Å². The van der Waals surface area contributed by atoms with Gasteiger partial charge in [0.1, 0.15) is 0 Å². The third kappa shape index (κ3) is 3.07. The van der Waals surface area contributed by atoms with E-state index in [1.807, 2.05) is 22.7 Å². The summed E-state index contributed by atoms with van der Waals surface area (Å²) in [4.78, 5) is 18.1. The normalized spacial score (nSPS) is 23.1. The van der Waals surface area contributed by atoms with Crippen LogP contribution in [0.3, 0.4) is 0 Å². The molecule has 1 amide bonds. The van der Waals surface area contributed by atoms with Gasteiger partial charge in [-0.05, 0) is 12.1 Å². The lowest BCUT2D eigenvalue weighted by Crippen LogP contribution is -2.50. The Morgan fingerprint density at radius 2 is 1.87 bits per heavy atom. The van der Waals surface area contributed by atoms with Crippen molar-refractivity contribution in [2.75, 3.05) is 50.0 Å². The van der Waals surface area contributed by atoms with E-state index in [9.17, 15) is 4.79 Å². The summed E-state index contributed by atoms with van der Waals surface area (Å²) in [6.07, 6.45) is 1.57. The van der Waals surface area contributed by atoms with Crippen molar-refractivity contribution in [1.29, 1.82) is 0 Å². The molecule has 23 heavy (non-hydrogen) atoms. The van der Waals surface area contributed by atoms with Crippen molar-refractivity contribution in [2.45, 2.75) is 23.5 Å². The Morgan fingerprint density at radius 3 is 2.65 bits per heavy atom. The van der Waals surface area contributed by atoms with Gasteiger partial charge in [0.05, 0.1) is 25.4 Å². The quantitative estimate of drug-likeness (QED) is 0.827. The van der Waals surface area contributed by atoms with Gasteiger partial charge in [-0.1, -0.05) is 12.1 Å². The molecule has 0 bridgehead atoms. The Balaban J connectivity index is 1.38. The van der Waals surface area contributed by atoms with Gasteiger partial charge in [0.25, 0.3) is 0 Å². The highest BCUT2D eigenvalue weighted by atomic mass is 32.2. The van der Waals surface area contributed by atoms with Crippen LogP contribution in [0.25, 0.3) is 0 Å². The lowest BCUT2D eigenvalue weighted by atomic mass is 10.0. The highest BCUT2D eigenvalue weighted by Crippen LogP contribution is 2.35. The second-order valence-electron chi connectivity index (χ2n) is 6.23. The first-order valence-corrected chi connectivity index (χ1v) is 9.27. The second-order valence-corrected chi connectivity index (χ2v) is 7.36. The molecule has 0 aliphatic carbocycles. The third-order valence-corrected chi connectivity index (χ3v) is 5.89. The monoisotopic (exact) mass is 334 g/mol. The van der Waals surface area contributed by atoms with Crippen molar-refractivity contribution in [3.05, 3.63) is 24.3 Å². The van der Waals surface area contributed by atoms with E-state index in [1.165, 1.54) is 10.6 Å². The number of hydrogen-bond acceptors (Lipinski definition) is 5. The molecule has 4 rings (SSSR count). The minimum Gasteiger partial charge on any atom is -0.360 e. The van der Waals surface area contributed by atoms with E-state index >= 15 is 0 Å². The minimum atomic E-state index is -0.412. The number of para-hydroxylation sites is 1. The highest BCUT2D eigenvalue weighted by Gasteiger charge is 2.40. The van der Waals surface area contributed by atoms with Crippen molar-refractivity contribution in [3.8, 4) is 0 Å². The van der Waals surface area contributed by atoms with Gasteiger partial charge in [-0.15, -0.1) is 11.8 Å². The number of likely N-dealkylation sites (tertiary alicyclic amines) is 1. The molecule has 0 saturated carbocycles. The van der Waals surface area contributed by atoms with Crippen LogP contribution in [-0.2, 0) is 14.3 Å². The Labute approximate surface area is 140 Å². The van der Waals surface area contributed by atoms with E-state index in [2.05, 4.69) is 23.1 Å². The summed E-state index contributed by atoms with van der Waals surface area (Å²) in [5, 5.41) is 0. The molecular formula is C17H22N2O3S. The summed E-state index contributed by atoms with van der Waals surface area (Å²) in [6, 6.07) is 8.35. The Hall–Kier alpha value is -1.24. The molecule has 2 fully saturated rings. The fraction of sp³-hybridized carbons (Fsp3) is 0.588. The zero-order valence-electron chi connectivity index (χ0n) is 13.2. The number of thioether (sulfide) groups is 1. The lowest BCUT2D eigenvalue weighted by Gasteiger charge is -2.39. The van der Waals surface area contributed by atoms with E-state index in [0.717, 1.165) is 38.2 Å². The van der Waals surface area contributed by atoms with Gasteiger partial charge in [0.2, 0.25) is 5.91 Å². The number of amides is 1. The average Bonchev–Trinajstić information content (AvgIpc) is 3.04. The number of carbonyl (C=O) groups excluding carboxylic acids is 1. The Kier molecular flexibility index (Phi) is 4.22. The number of piperidine rings is 1. The molecule has 3 heterocycles. The number of anilines is 1. The molecule has 6 heteroatoms. The molecule has 124 valence electrons. The first kappa shape index (κ1) is 15.3. The van der Waals surface area contributed by atoms with E-state index in [4.69, 9.17) is 9.47 Å². The summed E-state index contributed by atoms with van der Waals surface area (Å²) in [6.45, 7) is 4.20. The molecule has 0 N–H and O–H groups in total. The summed E-state index contributed by atoms with van der Waals surface area (Å²) >= 11 is 1.87. The molecule has 3 aliphatic rings. The number of hydrogen-bond donors (Lipinski definition) is 0.